The van der Waals surface area contributed by atoms with Crippen molar-refractivity contribution in [1.82, 2.24) is 0 Å². The van der Waals surface area contributed by atoms with Crippen molar-refractivity contribution in [2.24, 2.45) is 4.99 Å². The minimum absolute atomic E-state index is 0.188. The molecule has 0 aliphatic carbocycles. The highest BCUT2D eigenvalue weighted by molar-refractivity contribution is 7.10. The van der Waals surface area contributed by atoms with Crippen molar-refractivity contribution >= 4 is 46.4 Å². The molecule has 0 saturated heterocycles. The Morgan fingerprint density at radius 2 is 1.89 bits per heavy atom. The van der Waals surface area contributed by atoms with Gasteiger partial charge < -0.3 is 4.74 Å². The second kappa shape index (κ2) is 8.00. The number of nitrogens with zero attached hydrogens (tertiary/aromatic N) is 2. The number of benzene rings is 2. The summed E-state index contributed by atoms with van der Waals surface area (Å²) in [6.07, 6.45) is 1.80. The number of rotatable bonds is 5. The van der Waals surface area contributed by atoms with Crippen LogP contribution in [-0.2, 0) is 4.79 Å². The first-order valence-electron chi connectivity index (χ1n) is 8.83. The number of halogens is 1. The number of aliphatic imine (C=N–C) groups is 1. The van der Waals surface area contributed by atoms with Crippen LogP contribution in [-0.4, -0.2) is 18.3 Å². The number of anilines is 1. The molecule has 4 nitrogen and oxygen atoms in total. The Kier molecular flexibility index (Phi) is 5.28. The van der Waals surface area contributed by atoms with E-state index in [1.54, 1.807) is 28.4 Å². The number of ether oxygens (including phenoxy) is 1. The molecule has 0 fully saturated rings. The Morgan fingerprint density at radius 3 is 2.57 bits per heavy atom. The van der Waals surface area contributed by atoms with E-state index in [1.807, 2.05) is 66.9 Å². The van der Waals surface area contributed by atoms with Crippen LogP contribution < -0.4 is 9.64 Å². The predicted molar refractivity (Wildman–Crippen MR) is 115 cm³/mol. The lowest BCUT2D eigenvalue weighted by molar-refractivity contribution is -0.113. The van der Waals surface area contributed by atoms with Gasteiger partial charge in [-0.25, -0.2) is 4.99 Å². The molecule has 140 valence electrons. The van der Waals surface area contributed by atoms with E-state index in [0.717, 1.165) is 10.6 Å². The summed E-state index contributed by atoms with van der Waals surface area (Å²) in [5.41, 5.74) is 1.80. The summed E-state index contributed by atoms with van der Waals surface area (Å²) in [6.45, 7) is 2.52. The molecule has 2 aromatic carbocycles. The smallest absolute Gasteiger partial charge is 0.282 e. The summed E-state index contributed by atoms with van der Waals surface area (Å²) >= 11 is 7.96. The summed E-state index contributed by atoms with van der Waals surface area (Å²) in [5.74, 6) is 1.08. The third kappa shape index (κ3) is 3.59. The van der Waals surface area contributed by atoms with Gasteiger partial charge in [-0.15, -0.1) is 11.3 Å². The fourth-order valence-electron chi connectivity index (χ4n) is 2.95. The van der Waals surface area contributed by atoms with Gasteiger partial charge in [-0.2, -0.15) is 0 Å². The van der Waals surface area contributed by atoms with E-state index in [9.17, 15) is 4.79 Å². The van der Waals surface area contributed by atoms with Crippen LogP contribution in [0.1, 0.15) is 17.4 Å². The van der Waals surface area contributed by atoms with Crippen LogP contribution in [0.25, 0.3) is 6.08 Å². The highest BCUT2D eigenvalue weighted by atomic mass is 35.5. The molecule has 28 heavy (non-hydrogen) atoms. The molecule has 6 heteroatoms. The lowest BCUT2D eigenvalue weighted by Crippen LogP contribution is -2.32. The van der Waals surface area contributed by atoms with Crippen LogP contribution in [0.2, 0.25) is 5.02 Å². The van der Waals surface area contributed by atoms with Crippen LogP contribution in [0.4, 0.5) is 5.69 Å². The lowest BCUT2D eigenvalue weighted by atomic mass is 10.1. The quantitative estimate of drug-likeness (QED) is 0.513. The largest absolute Gasteiger partial charge is 0.494 e. The summed E-state index contributed by atoms with van der Waals surface area (Å²) < 4.78 is 5.51. The third-order valence-electron chi connectivity index (χ3n) is 4.20. The summed E-state index contributed by atoms with van der Waals surface area (Å²) in [7, 11) is 0. The van der Waals surface area contributed by atoms with Gasteiger partial charge in [0.2, 0.25) is 0 Å². The van der Waals surface area contributed by atoms with Crippen LogP contribution in [0, 0.1) is 0 Å². The van der Waals surface area contributed by atoms with Gasteiger partial charge in [-0.3, -0.25) is 9.69 Å². The summed E-state index contributed by atoms with van der Waals surface area (Å²) in [6, 6.07) is 18.7. The zero-order valence-electron chi connectivity index (χ0n) is 15.1. The first-order chi connectivity index (χ1) is 13.7. The van der Waals surface area contributed by atoms with Gasteiger partial charge in [-0.05, 0) is 60.8 Å². The fraction of sp³-hybridized carbons (Fsp3) is 0.0909. The van der Waals surface area contributed by atoms with E-state index in [2.05, 4.69) is 4.99 Å². The average molecular weight is 409 g/mol. The summed E-state index contributed by atoms with van der Waals surface area (Å²) in [5, 5.41) is 2.51. The van der Waals surface area contributed by atoms with Crippen LogP contribution in [0.5, 0.6) is 5.75 Å². The lowest BCUT2D eigenvalue weighted by Gasteiger charge is -2.19. The zero-order chi connectivity index (χ0) is 19.5. The number of amidine groups is 1. The summed E-state index contributed by atoms with van der Waals surface area (Å²) in [4.78, 5) is 20.4. The van der Waals surface area contributed by atoms with Crippen molar-refractivity contribution in [1.29, 1.82) is 0 Å². The minimum Gasteiger partial charge on any atom is -0.494 e. The van der Waals surface area contributed by atoms with Crippen molar-refractivity contribution < 1.29 is 9.53 Å². The highest BCUT2D eigenvalue weighted by Gasteiger charge is 2.33. The fourth-order valence-corrected chi connectivity index (χ4v) is 3.82. The maximum absolute atomic E-state index is 13.2. The number of carbonyl (C=O) groups is 1. The minimum atomic E-state index is -0.188. The SMILES string of the molecule is CCOc1ccc(N2C(=O)/C(=C\c3cccs3)N=C2c2ccccc2Cl)cc1. The monoisotopic (exact) mass is 408 g/mol. The van der Waals surface area contributed by atoms with Crippen molar-refractivity contribution in [3.05, 3.63) is 87.2 Å². The topological polar surface area (TPSA) is 41.9 Å². The number of hydrogen-bond acceptors (Lipinski definition) is 4. The molecular weight excluding hydrogens is 392 g/mol. The number of hydrogen-bond donors (Lipinski definition) is 0. The van der Waals surface area contributed by atoms with Crippen molar-refractivity contribution in [2.75, 3.05) is 11.5 Å². The van der Waals surface area contributed by atoms with Gasteiger partial charge >= 0.3 is 0 Å². The molecule has 4 rings (SSSR count). The van der Waals surface area contributed by atoms with Crippen LogP contribution >= 0.6 is 22.9 Å². The Labute approximate surface area is 172 Å². The Hall–Kier alpha value is -2.89. The molecule has 3 aromatic rings. The van der Waals surface area contributed by atoms with E-state index >= 15 is 0 Å². The molecule has 0 unspecified atom stereocenters. The van der Waals surface area contributed by atoms with Crippen molar-refractivity contribution in [3.63, 3.8) is 0 Å². The van der Waals surface area contributed by atoms with E-state index in [4.69, 9.17) is 16.3 Å². The standard InChI is InChI=1S/C22H17ClN2O2S/c1-2-27-16-11-9-15(10-12-16)25-21(18-7-3-4-8-19(18)23)24-20(22(25)26)14-17-6-5-13-28-17/h3-14H,2H2,1H3/b20-14+. The first-order valence-corrected chi connectivity index (χ1v) is 10.1. The van der Waals surface area contributed by atoms with Crippen LogP contribution in [0.3, 0.4) is 0 Å². The second-order valence-electron chi connectivity index (χ2n) is 6.03. The Morgan fingerprint density at radius 1 is 1.11 bits per heavy atom. The van der Waals surface area contributed by atoms with E-state index in [0.29, 0.717) is 34.4 Å². The molecule has 1 aromatic heterocycles. The molecule has 0 bridgehead atoms. The number of amides is 1. The molecule has 2 heterocycles. The molecule has 0 radical (unpaired) electrons. The van der Waals surface area contributed by atoms with Gasteiger partial charge in [0.05, 0.1) is 17.3 Å². The maximum Gasteiger partial charge on any atom is 0.282 e. The van der Waals surface area contributed by atoms with E-state index in [1.165, 1.54) is 0 Å². The molecule has 0 atom stereocenters. The highest BCUT2D eigenvalue weighted by Crippen LogP contribution is 2.31. The van der Waals surface area contributed by atoms with E-state index in [-0.39, 0.29) is 5.91 Å². The van der Waals surface area contributed by atoms with Gasteiger partial charge in [0.1, 0.15) is 17.3 Å². The zero-order valence-corrected chi connectivity index (χ0v) is 16.7. The van der Waals surface area contributed by atoms with Crippen LogP contribution in [0.15, 0.2) is 76.7 Å². The predicted octanol–water partition coefficient (Wildman–Crippen LogP) is 5.63. The average Bonchev–Trinajstić information content (AvgIpc) is 3.32. The molecule has 0 N–H and O–H groups in total. The third-order valence-corrected chi connectivity index (χ3v) is 5.35. The number of carbonyl (C=O) groups excluding carboxylic acids is 1. The molecule has 1 amide bonds. The Balaban J connectivity index is 1.80. The van der Waals surface area contributed by atoms with Gasteiger partial charge in [-0.1, -0.05) is 29.8 Å². The second-order valence-corrected chi connectivity index (χ2v) is 7.41. The maximum atomic E-state index is 13.2. The van der Waals surface area contributed by atoms with Gasteiger partial charge in [0.25, 0.3) is 5.91 Å². The molecular formula is C22H17ClN2O2S. The molecule has 1 aliphatic rings. The van der Waals surface area contributed by atoms with Crippen molar-refractivity contribution in [2.45, 2.75) is 6.92 Å². The van der Waals surface area contributed by atoms with E-state index < -0.39 is 0 Å². The Bertz CT molecular complexity index is 1060. The molecule has 1 aliphatic heterocycles. The van der Waals surface area contributed by atoms with Gasteiger partial charge in [0.15, 0.2) is 0 Å². The number of thiophene rings is 1. The van der Waals surface area contributed by atoms with Gasteiger partial charge in [0, 0.05) is 10.4 Å². The molecule has 0 saturated carbocycles. The first kappa shape index (κ1) is 18.5. The normalized spacial score (nSPS) is 15.2. The van der Waals surface area contributed by atoms with Crippen molar-refractivity contribution in [3.8, 4) is 5.75 Å². The molecule has 0 spiro atoms.